The van der Waals surface area contributed by atoms with Crippen LogP contribution in [0.3, 0.4) is 0 Å². The summed E-state index contributed by atoms with van der Waals surface area (Å²) < 4.78 is 5.29. The van der Waals surface area contributed by atoms with Crippen LogP contribution in [-0.2, 0) is 4.74 Å². The van der Waals surface area contributed by atoms with E-state index in [9.17, 15) is 10.2 Å². The molecule has 2 aliphatic rings. The lowest BCUT2D eigenvalue weighted by Gasteiger charge is -2.30. The van der Waals surface area contributed by atoms with Gasteiger partial charge in [0.25, 0.3) is 0 Å². The monoisotopic (exact) mass is 201 g/mol. The summed E-state index contributed by atoms with van der Waals surface area (Å²) in [4.78, 5) is 0. The van der Waals surface area contributed by atoms with Gasteiger partial charge in [-0.1, -0.05) is 0 Å². The Morgan fingerprint density at radius 3 is 2.57 bits per heavy atom. The zero-order valence-electron chi connectivity index (χ0n) is 8.35. The lowest BCUT2D eigenvalue weighted by Crippen LogP contribution is -2.41. The molecule has 1 heterocycles. The topological polar surface area (TPSA) is 61.7 Å². The van der Waals surface area contributed by atoms with Crippen molar-refractivity contribution >= 4 is 0 Å². The van der Waals surface area contributed by atoms with E-state index in [0.717, 1.165) is 19.0 Å². The Balaban J connectivity index is 1.62. The normalized spacial score (nSPS) is 38.6. The van der Waals surface area contributed by atoms with Crippen LogP contribution in [0.5, 0.6) is 0 Å². The van der Waals surface area contributed by atoms with Gasteiger partial charge in [-0.15, -0.1) is 0 Å². The summed E-state index contributed by atoms with van der Waals surface area (Å²) in [5.74, 6) is 0.855. The molecule has 14 heavy (non-hydrogen) atoms. The van der Waals surface area contributed by atoms with Gasteiger partial charge in [0.05, 0.1) is 12.2 Å². The molecule has 0 radical (unpaired) electrons. The van der Waals surface area contributed by atoms with Gasteiger partial charge in [-0.05, 0) is 25.3 Å². The fraction of sp³-hybridized carbons (Fsp3) is 1.00. The van der Waals surface area contributed by atoms with Gasteiger partial charge in [-0.25, -0.2) is 0 Å². The summed E-state index contributed by atoms with van der Waals surface area (Å²) in [7, 11) is 0. The second-order valence-corrected chi connectivity index (χ2v) is 4.44. The summed E-state index contributed by atoms with van der Waals surface area (Å²) in [6, 6.07) is 0. The van der Waals surface area contributed by atoms with Crippen molar-refractivity contribution in [3.8, 4) is 0 Å². The van der Waals surface area contributed by atoms with Crippen LogP contribution in [-0.4, -0.2) is 41.8 Å². The molecule has 1 saturated heterocycles. The number of ether oxygens (including phenoxy) is 1. The molecule has 0 amide bonds. The summed E-state index contributed by atoms with van der Waals surface area (Å²) in [5, 5.41) is 22.0. The molecule has 4 nitrogen and oxygen atoms in total. The van der Waals surface area contributed by atoms with E-state index in [1.54, 1.807) is 0 Å². The predicted octanol–water partition coefficient (Wildman–Crippen LogP) is -0.156. The lowest BCUT2D eigenvalue weighted by atomic mass is 10.1. The van der Waals surface area contributed by atoms with Crippen LogP contribution in [0.1, 0.15) is 25.7 Å². The Kier molecular flexibility index (Phi) is 3.38. The van der Waals surface area contributed by atoms with Crippen molar-refractivity contribution in [2.75, 3.05) is 13.1 Å². The van der Waals surface area contributed by atoms with Gasteiger partial charge in [0, 0.05) is 19.4 Å². The summed E-state index contributed by atoms with van der Waals surface area (Å²) in [5.41, 5.74) is 0. The van der Waals surface area contributed by atoms with E-state index in [4.69, 9.17) is 4.74 Å². The molecule has 2 rings (SSSR count). The second-order valence-electron chi connectivity index (χ2n) is 4.44. The maximum atomic E-state index is 9.40. The summed E-state index contributed by atoms with van der Waals surface area (Å²) in [6.45, 7) is 1.79. The quantitative estimate of drug-likeness (QED) is 0.591. The number of rotatable bonds is 4. The first-order valence-corrected chi connectivity index (χ1v) is 5.46. The molecule has 4 heteroatoms. The molecule has 3 atom stereocenters. The SMILES string of the molecule is OC1CC(CNCC2CC2)O[C@H](O)C1. The Morgan fingerprint density at radius 2 is 1.93 bits per heavy atom. The van der Waals surface area contributed by atoms with Crippen LogP contribution in [0.25, 0.3) is 0 Å². The predicted molar refractivity (Wildman–Crippen MR) is 51.7 cm³/mol. The van der Waals surface area contributed by atoms with E-state index in [2.05, 4.69) is 5.32 Å². The molecule has 3 N–H and O–H groups in total. The highest BCUT2D eigenvalue weighted by Crippen LogP contribution is 2.27. The van der Waals surface area contributed by atoms with Crippen molar-refractivity contribution in [2.45, 2.75) is 44.2 Å². The molecule has 82 valence electrons. The Hall–Kier alpha value is -0.160. The number of aliphatic hydroxyl groups excluding tert-OH is 2. The highest BCUT2D eigenvalue weighted by Gasteiger charge is 2.27. The molecule has 1 aliphatic heterocycles. The third-order valence-corrected chi connectivity index (χ3v) is 2.86. The molecular formula is C10H19NO3. The van der Waals surface area contributed by atoms with E-state index in [1.165, 1.54) is 12.8 Å². The Labute approximate surface area is 84.3 Å². The molecule has 0 bridgehead atoms. The fourth-order valence-electron chi connectivity index (χ4n) is 1.87. The molecule has 0 aromatic heterocycles. The molecule has 0 spiro atoms. The molecule has 1 saturated carbocycles. The standard InChI is InChI=1S/C10H19NO3/c12-8-3-9(14-10(13)4-8)6-11-5-7-1-2-7/h7-13H,1-6H2/t8?,9?,10-/m0/s1. The maximum absolute atomic E-state index is 9.40. The van der Waals surface area contributed by atoms with Crippen LogP contribution in [0.2, 0.25) is 0 Å². The first kappa shape index (κ1) is 10.4. The number of hydrogen-bond acceptors (Lipinski definition) is 4. The van der Waals surface area contributed by atoms with Gasteiger partial charge >= 0.3 is 0 Å². The van der Waals surface area contributed by atoms with Crippen molar-refractivity contribution < 1.29 is 14.9 Å². The first-order valence-electron chi connectivity index (χ1n) is 5.46. The average Bonchev–Trinajstić information content (AvgIpc) is 2.86. The van der Waals surface area contributed by atoms with Crippen molar-refractivity contribution in [3.05, 3.63) is 0 Å². The van der Waals surface area contributed by atoms with E-state index >= 15 is 0 Å². The van der Waals surface area contributed by atoms with Gasteiger partial charge in [0.1, 0.15) is 0 Å². The molecule has 2 fully saturated rings. The second kappa shape index (κ2) is 4.57. The van der Waals surface area contributed by atoms with Crippen LogP contribution >= 0.6 is 0 Å². The van der Waals surface area contributed by atoms with E-state index in [-0.39, 0.29) is 6.10 Å². The molecule has 0 aromatic carbocycles. The van der Waals surface area contributed by atoms with Crippen molar-refractivity contribution in [2.24, 2.45) is 5.92 Å². The third kappa shape index (κ3) is 3.20. The minimum Gasteiger partial charge on any atom is -0.393 e. The van der Waals surface area contributed by atoms with Crippen LogP contribution in [0.15, 0.2) is 0 Å². The third-order valence-electron chi connectivity index (χ3n) is 2.86. The van der Waals surface area contributed by atoms with Crippen molar-refractivity contribution in [3.63, 3.8) is 0 Å². The van der Waals surface area contributed by atoms with Gasteiger partial charge < -0.3 is 20.3 Å². The minimum absolute atomic E-state index is 0.0347. The van der Waals surface area contributed by atoms with Gasteiger partial charge in [-0.3, -0.25) is 0 Å². The number of aliphatic hydroxyl groups is 2. The number of nitrogens with one attached hydrogen (secondary N) is 1. The van der Waals surface area contributed by atoms with Gasteiger partial charge in [0.2, 0.25) is 0 Å². The van der Waals surface area contributed by atoms with E-state index < -0.39 is 12.4 Å². The Morgan fingerprint density at radius 1 is 1.14 bits per heavy atom. The van der Waals surface area contributed by atoms with Gasteiger partial charge in [-0.2, -0.15) is 0 Å². The van der Waals surface area contributed by atoms with E-state index in [1.807, 2.05) is 0 Å². The first-order chi connectivity index (χ1) is 6.74. The summed E-state index contributed by atoms with van der Waals surface area (Å²) in [6.07, 6.45) is 2.42. The van der Waals surface area contributed by atoms with Crippen LogP contribution in [0.4, 0.5) is 0 Å². The van der Waals surface area contributed by atoms with Crippen molar-refractivity contribution in [1.29, 1.82) is 0 Å². The maximum Gasteiger partial charge on any atom is 0.157 e. The highest BCUT2D eigenvalue weighted by molar-refractivity contribution is 4.78. The molecule has 1 aliphatic carbocycles. The average molecular weight is 201 g/mol. The molecular weight excluding hydrogens is 182 g/mol. The zero-order chi connectivity index (χ0) is 9.97. The number of hydrogen-bond donors (Lipinski definition) is 3. The van der Waals surface area contributed by atoms with Crippen molar-refractivity contribution in [1.82, 2.24) is 5.32 Å². The van der Waals surface area contributed by atoms with Gasteiger partial charge in [0.15, 0.2) is 6.29 Å². The largest absolute Gasteiger partial charge is 0.393 e. The molecule has 2 unspecified atom stereocenters. The minimum atomic E-state index is -0.786. The lowest BCUT2D eigenvalue weighted by molar-refractivity contribution is -0.187. The zero-order valence-corrected chi connectivity index (χ0v) is 8.35. The fourth-order valence-corrected chi connectivity index (χ4v) is 1.87. The van der Waals surface area contributed by atoms with E-state index in [0.29, 0.717) is 12.8 Å². The molecule has 0 aromatic rings. The highest BCUT2D eigenvalue weighted by atomic mass is 16.6. The van der Waals surface area contributed by atoms with Crippen LogP contribution < -0.4 is 5.32 Å². The summed E-state index contributed by atoms with van der Waals surface area (Å²) >= 11 is 0. The van der Waals surface area contributed by atoms with Crippen LogP contribution in [0, 0.1) is 5.92 Å². The smallest absolute Gasteiger partial charge is 0.157 e. The Bertz CT molecular complexity index is 174.